The summed E-state index contributed by atoms with van der Waals surface area (Å²) in [6.07, 6.45) is -4.35. The topological polar surface area (TPSA) is 58.1 Å². The third-order valence-corrected chi connectivity index (χ3v) is 4.30. The largest absolute Gasteiger partial charge is 0.484 e. The molecule has 1 heterocycles. The average molecular weight is 530 g/mol. The van der Waals surface area contributed by atoms with Crippen LogP contribution in [0.15, 0.2) is 29.3 Å². The Kier molecular flexibility index (Phi) is 11.7. The van der Waals surface area contributed by atoms with Gasteiger partial charge in [-0.2, -0.15) is 13.2 Å². The predicted molar refractivity (Wildman–Crippen MR) is 118 cm³/mol. The quantitative estimate of drug-likeness (QED) is 0.308. The third kappa shape index (κ3) is 10.4. The molecule has 1 atom stereocenters. The highest BCUT2D eigenvalue weighted by Crippen LogP contribution is 2.19. The Balaban J connectivity index is 0.00000420. The van der Waals surface area contributed by atoms with E-state index in [1.165, 1.54) is 6.07 Å². The Morgan fingerprint density at radius 2 is 2.00 bits per heavy atom. The zero-order chi connectivity index (χ0) is 20.4. The van der Waals surface area contributed by atoms with Gasteiger partial charge in [0.05, 0.1) is 19.8 Å². The molecular weight excluding hydrogens is 500 g/mol. The van der Waals surface area contributed by atoms with Crippen LogP contribution in [0.5, 0.6) is 5.75 Å². The van der Waals surface area contributed by atoms with Crippen LogP contribution in [0.25, 0.3) is 0 Å². The van der Waals surface area contributed by atoms with Gasteiger partial charge >= 0.3 is 6.18 Å². The Labute approximate surface area is 187 Å². The minimum atomic E-state index is -4.35. The second-order valence-electron chi connectivity index (χ2n) is 6.62. The minimum Gasteiger partial charge on any atom is -0.484 e. The Morgan fingerprint density at radius 3 is 2.66 bits per heavy atom. The number of nitrogens with zero attached hydrogens (tertiary/aromatic N) is 2. The van der Waals surface area contributed by atoms with Crippen LogP contribution >= 0.6 is 24.0 Å². The highest BCUT2D eigenvalue weighted by Gasteiger charge is 2.28. The van der Waals surface area contributed by atoms with Gasteiger partial charge in [-0.1, -0.05) is 12.1 Å². The van der Waals surface area contributed by atoms with Crippen LogP contribution in [0.1, 0.15) is 19.4 Å². The Morgan fingerprint density at radius 1 is 1.28 bits per heavy atom. The fourth-order valence-corrected chi connectivity index (χ4v) is 2.80. The first-order valence-electron chi connectivity index (χ1n) is 9.50. The molecule has 1 aliphatic heterocycles. The lowest BCUT2D eigenvalue weighted by atomic mass is 10.2. The molecule has 1 aromatic rings. The molecule has 0 bridgehead atoms. The summed E-state index contributed by atoms with van der Waals surface area (Å²) < 4.78 is 47.0. The summed E-state index contributed by atoms with van der Waals surface area (Å²) in [5, 5.41) is 6.51. The van der Waals surface area contributed by atoms with Crippen molar-refractivity contribution in [3.63, 3.8) is 0 Å². The van der Waals surface area contributed by atoms with Gasteiger partial charge in [0.15, 0.2) is 12.6 Å². The lowest BCUT2D eigenvalue weighted by Crippen LogP contribution is -2.49. The molecule has 0 spiro atoms. The highest BCUT2D eigenvalue weighted by atomic mass is 127. The van der Waals surface area contributed by atoms with E-state index in [2.05, 4.69) is 27.4 Å². The number of rotatable bonds is 8. The first kappa shape index (κ1) is 25.8. The van der Waals surface area contributed by atoms with Gasteiger partial charge in [0.2, 0.25) is 0 Å². The fourth-order valence-electron chi connectivity index (χ4n) is 2.80. The summed E-state index contributed by atoms with van der Waals surface area (Å²) in [5.41, 5.74) is 0.776. The molecule has 1 saturated heterocycles. The summed E-state index contributed by atoms with van der Waals surface area (Å²) in [7, 11) is 0. The molecule has 1 aromatic carbocycles. The molecule has 0 aliphatic carbocycles. The van der Waals surface area contributed by atoms with Crippen molar-refractivity contribution in [2.24, 2.45) is 4.99 Å². The molecule has 0 aromatic heterocycles. The molecule has 2 N–H and O–H groups in total. The second kappa shape index (κ2) is 13.1. The van der Waals surface area contributed by atoms with E-state index in [-0.39, 0.29) is 29.7 Å². The number of alkyl halides is 3. The number of aliphatic imine (C=N–C) groups is 1. The highest BCUT2D eigenvalue weighted by molar-refractivity contribution is 14.0. The van der Waals surface area contributed by atoms with E-state index in [4.69, 9.17) is 9.47 Å². The Hall–Kier alpha value is -1.27. The number of guanidine groups is 1. The lowest BCUT2D eigenvalue weighted by Gasteiger charge is -2.32. The van der Waals surface area contributed by atoms with Crippen molar-refractivity contribution in [1.82, 2.24) is 15.5 Å². The summed E-state index contributed by atoms with van der Waals surface area (Å²) in [6.45, 7) is 7.97. The van der Waals surface area contributed by atoms with Crippen LogP contribution in [0, 0.1) is 0 Å². The number of ether oxygens (including phenoxy) is 2. The molecular formula is C19H30F3IN4O2. The zero-order valence-electron chi connectivity index (χ0n) is 16.8. The maximum atomic E-state index is 12.3. The molecule has 1 aliphatic rings. The van der Waals surface area contributed by atoms with Crippen molar-refractivity contribution in [3.8, 4) is 5.75 Å². The molecule has 10 heteroatoms. The maximum absolute atomic E-state index is 12.3. The molecule has 0 saturated carbocycles. The number of halogens is 4. The number of nitrogens with one attached hydrogen (secondary N) is 2. The molecule has 6 nitrogen and oxygen atoms in total. The maximum Gasteiger partial charge on any atom is 0.422 e. The van der Waals surface area contributed by atoms with E-state index in [1.54, 1.807) is 12.1 Å². The van der Waals surface area contributed by atoms with E-state index in [0.29, 0.717) is 25.1 Å². The van der Waals surface area contributed by atoms with Gasteiger partial charge < -0.3 is 20.1 Å². The van der Waals surface area contributed by atoms with Crippen molar-refractivity contribution in [2.45, 2.75) is 32.6 Å². The van der Waals surface area contributed by atoms with E-state index >= 15 is 0 Å². The van der Waals surface area contributed by atoms with Crippen LogP contribution in [0.3, 0.4) is 0 Å². The first-order valence-corrected chi connectivity index (χ1v) is 9.50. The van der Waals surface area contributed by atoms with Crippen molar-refractivity contribution >= 4 is 29.9 Å². The van der Waals surface area contributed by atoms with Crippen LogP contribution in [0.4, 0.5) is 13.2 Å². The van der Waals surface area contributed by atoms with Gasteiger partial charge in [-0.05, 0) is 31.5 Å². The van der Waals surface area contributed by atoms with Crippen molar-refractivity contribution in [1.29, 1.82) is 0 Å². The third-order valence-electron chi connectivity index (χ3n) is 4.30. The number of benzene rings is 1. The van der Waals surface area contributed by atoms with Crippen molar-refractivity contribution in [3.05, 3.63) is 29.8 Å². The molecule has 29 heavy (non-hydrogen) atoms. The standard InChI is InChI=1S/C19H29F3N4O2.HI/c1-3-23-18(24-12-15(2)26-7-9-27-10-8-26)25-13-16-5-4-6-17(11-16)28-14-19(20,21)22;/h4-6,11,15H,3,7-10,12-14H2,1-2H3,(H2,23,24,25);1H. The van der Waals surface area contributed by atoms with Crippen LogP contribution in [-0.4, -0.2) is 69.1 Å². The van der Waals surface area contributed by atoms with E-state index in [9.17, 15) is 13.2 Å². The first-order chi connectivity index (χ1) is 13.4. The van der Waals surface area contributed by atoms with Crippen LogP contribution < -0.4 is 15.4 Å². The normalized spacial score (nSPS) is 16.7. The van der Waals surface area contributed by atoms with Crippen molar-refractivity contribution in [2.75, 3.05) is 46.0 Å². The summed E-state index contributed by atoms with van der Waals surface area (Å²) >= 11 is 0. The van der Waals surface area contributed by atoms with Gasteiger partial charge in [0, 0.05) is 32.2 Å². The van der Waals surface area contributed by atoms with Gasteiger partial charge in [-0.3, -0.25) is 4.90 Å². The smallest absolute Gasteiger partial charge is 0.422 e. The lowest BCUT2D eigenvalue weighted by molar-refractivity contribution is -0.153. The van der Waals surface area contributed by atoms with E-state index in [1.807, 2.05) is 13.0 Å². The monoisotopic (exact) mass is 530 g/mol. The van der Waals surface area contributed by atoms with E-state index < -0.39 is 12.8 Å². The van der Waals surface area contributed by atoms with Gasteiger partial charge in [-0.25, -0.2) is 4.99 Å². The summed E-state index contributed by atoms with van der Waals surface area (Å²) in [5.74, 6) is 0.855. The number of hydrogen-bond acceptors (Lipinski definition) is 4. The molecule has 166 valence electrons. The number of morpholine rings is 1. The average Bonchev–Trinajstić information content (AvgIpc) is 2.69. The van der Waals surface area contributed by atoms with Crippen LogP contribution in [-0.2, 0) is 11.3 Å². The molecule has 1 unspecified atom stereocenters. The Bertz CT molecular complexity index is 626. The van der Waals surface area contributed by atoms with Crippen molar-refractivity contribution < 1.29 is 22.6 Å². The molecule has 0 radical (unpaired) electrons. The fraction of sp³-hybridized carbons (Fsp3) is 0.632. The predicted octanol–water partition coefficient (Wildman–Crippen LogP) is 3.02. The molecule has 2 rings (SSSR count). The summed E-state index contributed by atoms with van der Waals surface area (Å²) in [4.78, 5) is 6.89. The molecule has 1 fully saturated rings. The summed E-state index contributed by atoms with van der Waals surface area (Å²) in [6, 6.07) is 6.90. The zero-order valence-corrected chi connectivity index (χ0v) is 19.1. The van der Waals surface area contributed by atoms with E-state index in [0.717, 1.165) is 38.4 Å². The van der Waals surface area contributed by atoms with Gasteiger partial charge in [0.25, 0.3) is 0 Å². The molecule has 0 amide bonds. The van der Waals surface area contributed by atoms with Gasteiger partial charge in [-0.15, -0.1) is 24.0 Å². The second-order valence-corrected chi connectivity index (χ2v) is 6.62. The van der Waals surface area contributed by atoms with Crippen LogP contribution in [0.2, 0.25) is 0 Å². The SMILES string of the molecule is CCNC(=NCc1cccc(OCC(F)(F)F)c1)NCC(C)N1CCOCC1.I. The minimum absolute atomic E-state index is 0. The van der Waals surface area contributed by atoms with Gasteiger partial charge in [0.1, 0.15) is 5.75 Å². The number of hydrogen-bond donors (Lipinski definition) is 2.